The van der Waals surface area contributed by atoms with Crippen LogP contribution in [0, 0.1) is 6.92 Å². The molecule has 1 amide bonds. The van der Waals surface area contributed by atoms with Crippen molar-refractivity contribution in [2.75, 3.05) is 0 Å². The molecule has 2 heterocycles. The van der Waals surface area contributed by atoms with E-state index in [0.717, 1.165) is 6.42 Å². The van der Waals surface area contributed by atoms with Gasteiger partial charge in [-0.2, -0.15) is 0 Å². The van der Waals surface area contributed by atoms with E-state index in [4.69, 9.17) is 0 Å². The molecular formula is C14H19N3OS. The highest BCUT2D eigenvalue weighted by Gasteiger charge is 2.22. The van der Waals surface area contributed by atoms with Crippen LogP contribution in [0.25, 0.3) is 0 Å². The van der Waals surface area contributed by atoms with Gasteiger partial charge in [0.05, 0.1) is 19.1 Å². The maximum atomic E-state index is 12.5. The van der Waals surface area contributed by atoms with Crippen molar-refractivity contribution in [3.05, 3.63) is 40.1 Å². The number of nitrogens with one attached hydrogen (secondary N) is 1. The van der Waals surface area contributed by atoms with Crippen LogP contribution in [-0.2, 0) is 6.54 Å². The largest absolute Gasteiger partial charge is 0.341 e. The molecule has 0 radical (unpaired) electrons. The number of hydrogen-bond acceptors (Lipinski definition) is 3. The fraction of sp³-hybridized carbons (Fsp3) is 0.429. The Hall–Kier alpha value is -1.62. The van der Waals surface area contributed by atoms with Crippen LogP contribution < -0.4 is 0 Å². The van der Waals surface area contributed by atoms with Crippen molar-refractivity contribution in [1.29, 1.82) is 0 Å². The van der Waals surface area contributed by atoms with E-state index in [1.54, 1.807) is 23.9 Å². The number of carbonyl (C=O) groups is 1. The molecule has 2 rings (SSSR count). The number of amides is 1. The Labute approximate surface area is 117 Å². The third-order valence-corrected chi connectivity index (χ3v) is 4.40. The molecule has 0 aliphatic carbocycles. The first kappa shape index (κ1) is 13.8. The van der Waals surface area contributed by atoms with Gasteiger partial charge in [-0.15, -0.1) is 11.3 Å². The van der Waals surface area contributed by atoms with Crippen molar-refractivity contribution in [3.8, 4) is 0 Å². The zero-order valence-electron chi connectivity index (χ0n) is 11.5. The zero-order valence-corrected chi connectivity index (χ0v) is 12.3. The maximum absolute atomic E-state index is 12.5. The second-order valence-electron chi connectivity index (χ2n) is 4.68. The Bertz CT molecular complexity index is 533. The van der Waals surface area contributed by atoms with Crippen LogP contribution in [0.1, 0.15) is 41.2 Å². The number of nitrogens with zero attached hydrogens (tertiary/aromatic N) is 2. The first-order valence-corrected chi connectivity index (χ1v) is 7.33. The van der Waals surface area contributed by atoms with E-state index in [2.05, 4.69) is 42.2 Å². The minimum absolute atomic E-state index is 0.0136. The highest BCUT2D eigenvalue weighted by Crippen LogP contribution is 2.21. The molecule has 1 N–H and O–H groups in total. The molecule has 0 bridgehead atoms. The summed E-state index contributed by atoms with van der Waals surface area (Å²) in [7, 11) is 0. The van der Waals surface area contributed by atoms with Crippen molar-refractivity contribution in [2.24, 2.45) is 0 Å². The monoisotopic (exact) mass is 277 g/mol. The summed E-state index contributed by atoms with van der Waals surface area (Å²) in [5, 5.41) is 2.07. The normalized spacial score (nSPS) is 12.4. The Morgan fingerprint density at radius 3 is 2.89 bits per heavy atom. The summed E-state index contributed by atoms with van der Waals surface area (Å²) in [6, 6.07) is 2.30. The standard InChI is InChI=1S/C14H19N3OS/c1-4-11(3)17(8-13-10(2)5-6-19-13)14(18)12-7-15-9-16-12/h5-7,9,11H,4,8H2,1-3H3,(H,15,16)/t11-/m0/s1. The van der Waals surface area contributed by atoms with Gasteiger partial charge in [-0.3, -0.25) is 4.79 Å². The van der Waals surface area contributed by atoms with Gasteiger partial charge in [0.1, 0.15) is 5.69 Å². The molecule has 2 aromatic rings. The Balaban J connectivity index is 2.21. The van der Waals surface area contributed by atoms with Crippen molar-refractivity contribution in [3.63, 3.8) is 0 Å². The zero-order chi connectivity index (χ0) is 13.8. The van der Waals surface area contributed by atoms with Crippen molar-refractivity contribution >= 4 is 17.2 Å². The molecule has 0 saturated heterocycles. The number of imidazole rings is 1. The minimum atomic E-state index is 0.0136. The number of aryl methyl sites for hydroxylation is 1. The Morgan fingerprint density at radius 2 is 2.37 bits per heavy atom. The second-order valence-corrected chi connectivity index (χ2v) is 5.68. The van der Waals surface area contributed by atoms with Gasteiger partial charge in [-0.1, -0.05) is 6.92 Å². The number of H-pyrrole nitrogens is 1. The van der Waals surface area contributed by atoms with E-state index in [0.29, 0.717) is 12.2 Å². The van der Waals surface area contributed by atoms with Crippen molar-refractivity contribution < 1.29 is 4.79 Å². The Morgan fingerprint density at radius 1 is 1.58 bits per heavy atom. The highest BCUT2D eigenvalue weighted by molar-refractivity contribution is 7.10. The third-order valence-electron chi connectivity index (χ3n) is 3.39. The summed E-state index contributed by atoms with van der Waals surface area (Å²) in [5.74, 6) is 0.0136. The number of hydrogen-bond donors (Lipinski definition) is 1. The summed E-state index contributed by atoms with van der Waals surface area (Å²) < 4.78 is 0. The van der Waals surface area contributed by atoms with Crippen molar-refractivity contribution in [2.45, 2.75) is 39.8 Å². The van der Waals surface area contributed by atoms with Crippen LogP contribution in [0.15, 0.2) is 24.0 Å². The van der Waals surface area contributed by atoms with Crippen molar-refractivity contribution in [1.82, 2.24) is 14.9 Å². The van der Waals surface area contributed by atoms with Crippen LogP contribution >= 0.6 is 11.3 Å². The number of rotatable bonds is 5. The molecule has 0 aliphatic rings. The van der Waals surface area contributed by atoms with E-state index >= 15 is 0 Å². The predicted octanol–water partition coefficient (Wildman–Crippen LogP) is 3.22. The maximum Gasteiger partial charge on any atom is 0.272 e. The molecule has 19 heavy (non-hydrogen) atoms. The van der Waals surface area contributed by atoms with Gasteiger partial charge in [0.15, 0.2) is 0 Å². The van der Waals surface area contributed by atoms with Crippen LogP contribution in [0.4, 0.5) is 0 Å². The van der Waals surface area contributed by atoms with Gasteiger partial charge < -0.3 is 9.88 Å². The van der Waals surface area contributed by atoms with Crippen LogP contribution in [-0.4, -0.2) is 26.8 Å². The number of carbonyl (C=O) groups excluding carboxylic acids is 1. The number of aromatic amines is 1. The number of thiophene rings is 1. The fourth-order valence-corrected chi connectivity index (χ4v) is 2.80. The smallest absolute Gasteiger partial charge is 0.272 e. The second kappa shape index (κ2) is 6.02. The van der Waals surface area contributed by atoms with Gasteiger partial charge >= 0.3 is 0 Å². The van der Waals surface area contributed by atoms with E-state index in [1.807, 2.05) is 4.90 Å². The van der Waals surface area contributed by atoms with Crippen LogP contribution in [0.2, 0.25) is 0 Å². The van der Waals surface area contributed by atoms with Gasteiger partial charge in [-0.05, 0) is 37.3 Å². The minimum Gasteiger partial charge on any atom is -0.341 e. The fourth-order valence-electron chi connectivity index (χ4n) is 1.90. The highest BCUT2D eigenvalue weighted by atomic mass is 32.1. The number of aromatic nitrogens is 2. The van der Waals surface area contributed by atoms with E-state index in [-0.39, 0.29) is 11.9 Å². The van der Waals surface area contributed by atoms with E-state index < -0.39 is 0 Å². The average Bonchev–Trinajstić information content (AvgIpc) is 3.06. The topological polar surface area (TPSA) is 49.0 Å². The van der Waals surface area contributed by atoms with Crippen LogP contribution in [0.5, 0.6) is 0 Å². The molecule has 1 atom stereocenters. The third kappa shape index (κ3) is 3.04. The SMILES string of the molecule is CC[C@H](C)N(Cc1sccc1C)C(=O)c1cnc[nH]1. The summed E-state index contributed by atoms with van der Waals surface area (Å²) >= 11 is 1.70. The molecule has 0 spiro atoms. The predicted molar refractivity (Wildman–Crippen MR) is 77.3 cm³/mol. The quantitative estimate of drug-likeness (QED) is 0.912. The molecule has 2 aromatic heterocycles. The molecule has 4 nitrogen and oxygen atoms in total. The van der Waals surface area contributed by atoms with Gasteiger partial charge in [0.25, 0.3) is 5.91 Å². The molecule has 0 saturated carbocycles. The summed E-state index contributed by atoms with van der Waals surface area (Å²) in [6.07, 6.45) is 4.06. The Kier molecular flexibility index (Phi) is 4.37. The molecule has 5 heteroatoms. The molecule has 0 fully saturated rings. The van der Waals surface area contributed by atoms with E-state index in [1.165, 1.54) is 10.4 Å². The van der Waals surface area contributed by atoms with E-state index in [9.17, 15) is 4.79 Å². The first-order chi connectivity index (χ1) is 9.13. The van der Waals surface area contributed by atoms with Crippen LogP contribution in [0.3, 0.4) is 0 Å². The molecule has 0 aliphatic heterocycles. The average molecular weight is 277 g/mol. The molecule has 102 valence electrons. The lowest BCUT2D eigenvalue weighted by Gasteiger charge is -2.28. The molecule has 0 aromatic carbocycles. The van der Waals surface area contributed by atoms with Gasteiger partial charge in [0.2, 0.25) is 0 Å². The first-order valence-electron chi connectivity index (χ1n) is 6.45. The lowest BCUT2D eigenvalue weighted by Crippen LogP contribution is -2.37. The summed E-state index contributed by atoms with van der Waals surface area (Å²) in [6.45, 7) is 6.92. The summed E-state index contributed by atoms with van der Waals surface area (Å²) in [5.41, 5.74) is 1.80. The lowest BCUT2D eigenvalue weighted by atomic mass is 10.2. The van der Waals surface area contributed by atoms with Gasteiger partial charge in [-0.25, -0.2) is 4.98 Å². The lowest BCUT2D eigenvalue weighted by molar-refractivity contribution is 0.0668. The molecule has 0 unspecified atom stereocenters. The molecular weight excluding hydrogens is 258 g/mol. The van der Waals surface area contributed by atoms with Gasteiger partial charge in [0, 0.05) is 10.9 Å². The summed E-state index contributed by atoms with van der Waals surface area (Å²) in [4.78, 5) is 22.5.